The average molecular weight is 473 g/mol. The molecule has 2 N–H and O–H groups in total. The number of rotatable bonds is 5. The molecule has 4 bridgehead atoms. The predicted octanol–water partition coefficient (Wildman–Crippen LogP) is 3.18. The number of hydrogen-bond donors (Lipinski definition) is 2. The Balaban J connectivity index is 1.25. The van der Waals surface area contributed by atoms with E-state index in [9.17, 15) is 23.9 Å². The van der Waals surface area contributed by atoms with Crippen LogP contribution in [0.5, 0.6) is 0 Å². The second-order valence-corrected chi connectivity index (χ2v) is 11.1. The molecule has 0 unspecified atom stereocenters. The topological polar surface area (TPSA) is 95.9 Å². The van der Waals surface area contributed by atoms with Crippen LogP contribution in [0.25, 0.3) is 0 Å². The van der Waals surface area contributed by atoms with Crippen LogP contribution in [-0.4, -0.2) is 52.6 Å². The summed E-state index contributed by atoms with van der Waals surface area (Å²) in [5.74, 6) is 0.00963. The molecule has 0 radical (unpaired) electrons. The van der Waals surface area contributed by atoms with Crippen LogP contribution in [0.15, 0.2) is 18.2 Å². The first kappa shape index (κ1) is 23.3. The third-order valence-corrected chi connectivity index (χ3v) is 8.41. The molecule has 2 amide bonds. The van der Waals surface area contributed by atoms with Crippen molar-refractivity contribution in [1.29, 1.82) is 0 Å². The minimum absolute atomic E-state index is 0.0302. The standard InChI is InChI=1S/C26H33FN2O5/c1-14-3-4-19(8-21(14)27)28-23(31)15(2)34-24(32)22-9-20(30)13-29(22)25(33)26-10-16-5-17(11-26)7-18(6-16)12-26/h3-4,8,15-18,20,22,30H,5-7,9-13H2,1-2H3,(H,28,31)/t15-,16?,17?,18?,20-,22-,26?/m1/s1. The van der Waals surface area contributed by atoms with E-state index >= 15 is 0 Å². The normalized spacial score (nSPS) is 34.7. The van der Waals surface area contributed by atoms with Crippen LogP contribution in [0.2, 0.25) is 0 Å². The number of benzene rings is 1. The molecule has 8 heteroatoms. The third-order valence-electron chi connectivity index (χ3n) is 8.41. The molecule has 1 aliphatic heterocycles. The van der Waals surface area contributed by atoms with E-state index in [1.54, 1.807) is 19.1 Å². The minimum Gasteiger partial charge on any atom is -0.451 e. The van der Waals surface area contributed by atoms with Crippen LogP contribution in [0.3, 0.4) is 0 Å². The van der Waals surface area contributed by atoms with Crippen molar-refractivity contribution in [2.45, 2.75) is 77.0 Å². The molecular weight excluding hydrogens is 439 g/mol. The molecule has 4 aliphatic carbocycles. The summed E-state index contributed by atoms with van der Waals surface area (Å²) in [6, 6.07) is 3.43. The molecule has 184 valence electrons. The number of aliphatic hydroxyl groups excluding tert-OH is 1. The molecule has 6 rings (SSSR count). The van der Waals surface area contributed by atoms with E-state index in [0.29, 0.717) is 23.3 Å². The monoisotopic (exact) mass is 472 g/mol. The largest absolute Gasteiger partial charge is 0.451 e. The lowest BCUT2D eigenvalue weighted by atomic mass is 9.49. The van der Waals surface area contributed by atoms with Gasteiger partial charge in [-0.2, -0.15) is 0 Å². The maximum absolute atomic E-state index is 13.8. The first-order chi connectivity index (χ1) is 16.1. The van der Waals surface area contributed by atoms with Gasteiger partial charge in [-0.3, -0.25) is 9.59 Å². The van der Waals surface area contributed by atoms with E-state index in [0.717, 1.165) is 19.3 Å². The van der Waals surface area contributed by atoms with Gasteiger partial charge in [0.1, 0.15) is 11.9 Å². The number of nitrogens with zero attached hydrogens (tertiary/aromatic N) is 1. The molecule has 7 nitrogen and oxygen atoms in total. The zero-order valence-electron chi connectivity index (χ0n) is 19.8. The van der Waals surface area contributed by atoms with E-state index in [-0.39, 0.29) is 24.6 Å². The summed E-state index contributed by atoms with van der Waals surface area (Å²) in [4.78, 5) is 40.8. The minimum atomic E-state index is -1.13. The number of ether oxygens (including phenoxy) is 1. The summed E-state index contributed by atoms with van der Waals surface area (Å²) in [5, 5.41) is 12.9. The first-order valence-corrected chi connectivity index (χ1v) is 12.4. The Kier molecular flexibility index (Phi) is 5.91. The summed E-state index contributed by atoms with van der Waals surface area (Å²) >= 11 is 0. The van der Waals surface area contributed by atoms with Gasteiger partial charge in [-0.25, -0.2) is 9.18 Å². The van der Waals surface area contributed by atoms with Crippen LogP contribution in [-0.2, 0) is 19.1 Å². The van der Waals surface area contributed by atoms with Crippen molar-refractivity contribution in [3.63, 3.8) is 0 Å². The number of aryl methyl sites for hydroxylation is 1. The molecule has 0 spiro atoms. The number of hydrogen-bond acceptors (Lipinski definition) is 5. The fraction of sp³-hybridized carbons (Fsp3) is 0.654. The van der Waals surface area contributed by atoms with Gasteiger partial charge in [-0.15, -0.1) is 0 Å². The molecule has 5 fully saturated rings. The third kappa shape index (κ3) is 4.21. The number of likely N-dealkylation sites (tertiary alicyclic amines) is 1. The summed E-state index contributed by atoms with van der Waals surface area (Å²) in [6.07, 6.45) is 4.41. The van der Waals surface area contributed by atoms with Crippen LogP contribution >= 0.6 is 0 Å². The number of β-amino-alcohol motifs (C(OH)–C–C–N with tert-alkyl or cyclic N) is 1. The number of carbonyl (C=O) groups excluding carboxylic acids is 3. The second-order valence-electron chi connectivity index (χ2n) is 11.1. The molecule has 0 aromatic heterocycles. The lowest BCUT2D eigenvalue weighted by Crippen LogP contribution is -2.56. The van der Waals surface area contributed by atoms with Crippen molar-refractivity contribution in [3.8, 4) is 0 Å². The zero-order chi connectivity index (χ0) is 24.2. The van der Waals surface area contributed by atoms with Crippen LogP contribution in [0.4, 0.5) is 10.1 Å². The Morgan fingerprint density at radius 2 is 1.74 bits per heavy atom. The van der Waals surface area contributed by atoms with Gasteiger partial charge in [0, 0.05) is 18.7 Å². The number of halogens is 1. The molecule has 34 heavy (non-hydrogen) atoms. The van der Waals surface area contributed by atoms with E-state index in [4.69, 9.17) is 4.74 Å². The van der Waals surface area contributed by atoms with Crippen molar-refractivity contribution in [1.82, 2.24) is 4.90 Å². The Labute approximate surface area is 199 Å². The van der Waals surface area contributed by atoms with Gasteiger partial charge in [-0.1, -0.05) is 6.07 Å². The highest BCUT2D eigenvalue weighted by Gasteiger charge is 2.57. The molecule has 1 aromatic rings. The maximum Gasteiger partial charge on any atom is 0.329 e. The fourth-order valence-corrected chi connectivity index (χ4v) is 7.16. The van der Waals surface area contributed by atoms with Gasteiger partial charge >= 0.3 is 5.97 Å². The van der Waals surface area contributed by atoms with Gasteiger partial charge < -0.3 is 20.1 Å². The number of esters is 1. The Hall–Kier alpha value is -2.48. The van der Waals surface area contributed by atoms with E-state index in [1.807, 2.05) is 0 Å². The molecule has 1 heterocycles. The summed E-state index contributed by atoms with van der Waals surface area (Å²) < 4.78 is 19.2. The lowest BCUT2D eigenvalue weighted by molar-refractivity contribution is -0.168. The Bertz CT molecular complexity index is 976. The van der Waals surface area contributed by atoms with Gasteiger partial charge in [-0.05, 0) is 87.8 Å². The van der Waals surface area contributed by atoms with Crippen LogP contribution in [0, 0.1) is 35.9 Å². The summed E-state index contributed by atoms with van der Waals surface area (Å²) in [6.45, 7) is 3.18. The molecular formula is C26H33FN2O5. The lowest BCUT2D eigenvalue weighted by Gasteiger charge is -2.56. The number of carbonyl (C=O) groups is 3. The van der Waals surface area contributed by atoms with Gasteiger partial charge in [0.25, 0.3) is 5.91 Å². The highest BCUT2D eigenvalue weighted by molar-refractivity contribution is 5.96. The van der Waals surface area contributed by atoms with Gasteiger partial charge in [0.05, 0.1) is 11.5 Å². The Morgan fingerprint density at radius 3 is 2.32 bits per heavy atom. The molecule has 3 atom stereocenters. The Morgan fingerprint density at radius 1 is 1.12 bits per heavy atom. The highest BCUT2D eigenvalue weighted by atomic mass is 19.1. The van der Waals surface area contributed by atoms with Crippen molar-refractivity contribution >= 4 is 23.5 Å². The van der Waals surface area contributed by atoms with Crippen LogP contribution < -0.4 is 5.32 Å². The maximum atomic E-state index is 13.8. The number of aliphatic hydroxyl groups is 1. The average Bonchev–Trinajstić information content (AvgIpc) is 3.16. The SMILES string of the molecule is Cc1ccc(NC(=O)[C@@H](C)OC(=O)[C@H]2C[C@@H](O)CN2C(=O)C23CC4CC(CC(C4)C2)C3)cc1F. The molecule has 5 aliphatic rings. The second kappa shape index (κ2) is 8.63. The van der Waals surface area contributed by atoms with Crippen molar-refractivity contribution < 1.29 is 28.6 Å². The molecule has 4 saturated carbocycles. The quantitative estimate of drug-likeness (QED) is 0.642. The number of anilines is 1. The summed E-state index contributed by atoms with van der Waals surface area (Å²) in [7, 11) is 0. The molecule has 1 aromatic carbocycles. The van der Waals surface area contributed by atoms with Crippen molar-refractivity contribution in [2.24, 2.45) is 23.2 Å². The van der Waals surface area contributed by atoms with E-state index in [1.165, 1.54) is 37.2 Å². The van der Waals surface area contributed by atoms with Gasteiger partial charge in [0.2, 0.25) is 5.91 Å². The van der Waals surface area contributed by atoms with Crippen molar-refractivity contribution in [3.05, 3.63) is 29.6 Å². The zero-order valence-corrected chi connectivity index (χ0v) is 19.8. The smallest absolute Gasteiger partial charge is 0.329 e. The van der Waals surface area contributed by atoms with Crippen LogP contribution in [0.1, 0.15) is 57.4 Å². The highest BCUT2D eigenvalue weighted by Crippen LogP contribution is 2.60. The van der Waals surface area contributed by atoms with Gasteiger partial charge in [0.15, 0.2) is 6.10 Å². The summed E-state index contributed by atoms with van der Waals surface area (Å²) in [5.41, 5.74) is 0.308. The number of amides is 2. The predicted molar refractivity (Wildman–Crippen MR) is 122 cm³/mol. The first-order valence-electron chi connectivity index (χ1n) is 12.4. The fourth-order valence-electron chi connectivity index (χ4n) is 7.16. The molecule has 1 saturated heterocycles. The van der Waals surface area contributed by atoms with E-state index in [2.05, 4.69) is 5.32 Å². The van der Waals surface area contributed by atoms with E-state index < -0.39 is 41.4 Å². The number of nitrogens with one attached hydrogen (secondary N) is 1. The van der Waals surface area contributed by atoms with Crippen molar-refractivity contribution in [2.75, 3.05) is 11.9 Å².